The Bertz CT molecular complexity index is 278. The van der Waals surface area contributed by atoms with E-state index in [2.05, 4.69) is 28.7 Å². The first-order chi connectivity index (χ1) is 6.79. The third-order valence-corrected chi connectivity index (χ3v) is 2.67. The normalized spacial score (nSPS) is 12.8. The molecule has 3 radical (unpaired) electrons. The van der Waals surface area contributed by atoms with Crippen LogP contribution in [0.25, 0.3) is 0 Å². The first kappa shape index (κ1) is 11.4. The predicted molar refractivity (Wildman–Crippen MR) is 59.1 cm³/mol. The number of nitrogens with two attached hydrogens (primary N) is 1. The lowest BCUT2D eigenvalue weighted by Gasteiger charge is -2.14. The molecule has 0 aliphatic heterocycles. The Morgan fingerprint density at radius 1 is 1.43 bits per heavy atom. The first-order valence-electron chi connectivity index (χ1n) is 4.90. The average molecular weight is 206 g/mol. The van der Waals surface area contributed by atoms with Crippen molar-refractivity contribution in [2.45, 2.75) is 25.9 Å². The van der Waals surface area contributed by atoms with Gasteiger partial charge in [0.05, 0.1) is 6.10 Å². The summed E-state index contributed by atoms with van der Waals surface area (Å²) in [5.74, 6) is 0. The summed E-state index contributed by atoms with van der Waals surface area (Å²) >= 11 is 0. The second-order valence-corrected chi connectivity index (χ2v) is 3.59. The van der Waals surface area contributed by atoms with Gasteiger partial charge >= 0.3 is 0 Å². The molecule has 0 heterocycles. The van der Waals surface area contributed by atoms with Gasteiger partial charge in [0.25, 0.3) is 0 Å². The largest absolute Gasteiger partial charge is 0.412 e. The van der Waals surface area contributed by atoms with Gasteiger partial charge in [0, 0.05) is 0 Å². The van der Waals surface area contributed by atoms with E-state index < -0.39 is 0 Å². The van der Waals surface area contributed by atoms with E-state index in [1.807, 2.05) is 13.0 Å². The predicted octanol–water partition coefficient (Wildman–Crippen LogP) is 1.74. The molecule has 2 N–H and O–H groups in total. The van der Waals surface area contributed by atoms with Crippen LogP contribution in [-0.2, 0) is 10.8 Å². The van der Waals surface area contributed by atoms with Gasteiger partial charge in [0.2, 0.25) is 10.5 Å². The van der Waals surface area contributed by atoms with Crippen LogP contribution in [0.1, 0.15) is 30.6 Å². The first-order valence-corrected chi connectivity index (χ1v) is 5.30. The minimum absolute atomic E-state index is 0.0839. The van der Waals surface area contributed by atoms with Crippen molar-refractivity contribution < 1.29 is 4.43 Å². The van der Waals surface area contributed by atoms with Crippen molar-refractivity contribution in [3.63, 3.8) is 0 Å². The van der Waals surface area contributed by atoms with Crippen molar-refractivity contribution in [1.29, 1.82) is 0 Å². The molecule has 0 aliphatic rings. The van der Waals surface area contributed by atoms with Crippen LogP contribution in [0.15, 0.2) is 24.3 Å². The maximum atomic E-state index is 5.49. The Morgan fingerprint density at radius 2 is 2.14 bits per heavy atom. The Balaban J connectivity index is 2.79. The molecule has 1 rings (SSSR count). The lowest BCUT2D eigenvalue weighted by Crippen LogP contribution is -2.05. The fourth-order valence-corrected chi connectivity index (χ4v) is 1.64. The van der Waals surface area contributed by atoms with Crippen LogP contribution in [0.4, 0.5) is 0 Å². The molecular formula is C11H16NOSi. The fourth-order valence-electron chi connectivity index (χ4n) is 1.51. The van der Waals surface area contributed by atoms with E-state index in [1.165, 1.54) is 11.1 Å². The van der Waals surface area contributed by atoms with Gasteiger partial charge < -0.3 is 10.2 Å². The fraction of sp³-hybridized carbons (Fsp3) is 0.455. The highest BCUT2D eigenvalue weighted by molar-refractivity contribution is 5.98. The number of hydrogen-bond donors (Lipinski definition) is 1. The summed E-state index contributed by atoms with van der Waals surface area (Å²) in [5.41, 5.74) is 8.05. The summed E-state index contributed by atoms with van der Waals surface area (Å²) in [6.45, 7) is 2.76. The van der Waals surface area contributed by atoms with Gasteiger partial charge in [0.15, 0.2) is 0 Å². The van der Waals surface area contributed by atoms with Gasteiger partial charge in [-0.2, -0.15) is 0 Å². The minimum atomic E-state index is 0.0839. The molecule has 1 atom stereocenters. The Morgan fingerprint density at radius 3 is 2.79 bits per heavy atom. The Kier molecular flexibility index (Phi) is 4.86. The second kappa shape index (κ2) is 5.96. The molecule has 0 amide bonds. The highest BCUT2D eigenvalue weighted by atomic mass is 28.2. The van der Waals surface area contributed by atoms with E-state index in [0.29, 0.717) is 0 Å². The van der Waals surface area contributed by atoms with Crippen LogP contribution in [0, 0.1) is 0 Å². The lowest BCUT2D eigenvalue weighted by atomic mass is 9.99. The van der Waals surface area contributed by atoms with Gasteiger partial charge in [-0.3, -0.25) is 0 Å². The SMILES string of the molecule is CC(O[Si])c1ccccc1CCCN. The van der Waals surface area contributed by atoms with Crippen LogP contribution >= 0.6 is 0 Å². The van der Waals surface area contributed by atoms with Crippen molar-refractivity contribution in [2.24, 2.45) is 5.73 Å². The molecule has 1 unspecified atom stereocenters. The van der Waals surface area contributed by atoms with E-state index >= 15 is 0 Å². The summed E-state index contributed by atoms with van der Waals surface area (Å²) in [7, 11) is 3.08. The van der Waals surface area contributed by atoms with Crippen LogP contribution in [0.3, 0.4) is 0 Å². The molecule has 0 fully saturated rings. The van der Waals surface area contributed by atoms with Crippen molar-refractivity contribution in [1.82, 2.24) is 0 Å². The molecule has 2 nitrogen and oxygen atoms in total. The van der Waals surface area contributed by atoms with Crippen molar-refractivity contribution in [3.05, 3.63) is 35.4 Å². The lowest BCUT2D eigenvalue weighted by molar-refractivity contribution is 0.249. The van der Waals surface area contributed by atoms with Crippen LogP contribution in [-0.4, -0.2) is 17.0 Å². The smallest absolute Gasteiger partial charge is 0.247 e. The van der Waals surface area contributed by atoms with E-state index in [0.717, 1.165) is 19.4 Å². The molecular weight excluding hydrogens is 190 g/mol. The topological polar surface area (TPSA) is 35.2 Å². The monoisotopic (exact) mass is 206 g/mol. The molecule has 0 aliphatic carbocycles. The van der Waals surface area contributed by atoms with Crippen LogP contribution < -0.4 is 5.73 Å². The van der Waals surface area contributed by atoms with Gasteiger partial charge in [-0.15, -0.1) is 0 Å². The Labute approximate surface area is 89.0 Å². The van der Waals surface area contributed by atoms with Gasteiger partial charge in [-0.1, -0.05) is 24.3 Å². The highest BCUT2D eigenvalue weighted by Gasteiger charge is 2.07. The maximum Gasteiger partial charge on any atom is 0.247 e. The van der Waals surface area contributed by atoms with E-state index in [4.69, 9.17) is 10.2 Å². The van der Waals surface area contributed by atoms with E-state index in [1.54, 1.807) is 0 Å². The molecule has 75 valence electrons. The van der Waals surface area contributed by atoms with Crippen LogP contribution in [0.2, 0.25) is 0 Å². The average Bonchev–Trinajstić information content (AvgIpc) is 2.25. The summed E-state index contributed by atoms with van der Waals surface area (Å²) in [4.78, 5) is 0. The zero-order valence-corrected chi connectivity index (χ0v) is 9.49. The van der Waals surface area contributed by atoms with Crippen LogP contribution in [0.5, 0.6) is 0 Å². The van der Waals surface area contributed by atoms with Crippen molar-refractivity contribution in [2.75, 3.05) is 6.54 Å². The molecule has 14 heavy (non-hydrogen) atoms. The molecule has 0 saturated heterocycles. The highest BCUT2D eigenvalue weighted by Crippen LogP contribution is 2.20. The van der Waals surface area contributed by atoms with E-state index in [-0.39, 0.29) is 6.10 Å². The van der Waals surface area contributed by atoms with E-state index in [9.17, 15) is 0 Å². The number of hydrogen-bond acceptors (Lipinski definition) is 2. The summed E-state index contributed by atoms with van der Waals surface area (Å²) in [5, 5.41) is 0. The van der Waals surface area contributed by atoms with Crippen molar-refractivity contribution >= 4 is 10.5 Å². The summed E-state index contributed by atoms with van der Waals surface area (Å²) in [6.07, 6.45) is 2.12. The molecule has 0 aromatic heterocycles. The van der Waals surface area contributed by atoms with Gasteiger partial charge in [0.1, 0.15) is 0 Å². The molecule has 0 spiro atoms. The zero-order chi connectivity index (χ0) is 10.4. The zero-order valence-electron chi connectivity index (χ0n) is 8.49. The van der Waals surface area contributed by atoms with Gasteiger partial charge in [-0.25, -0.2) is 0 Å². The molecule has 1 aromatic carbocycles. The maximum absolute atomic E-state index is 5.49. The molecule has 1 aromatic rings. The quantitative estimate of drug-likeness (QED) is 0.745. The number of aryl methyl sites for hydroxylation is 1. The number of rotatable bonds is 5. The molecule has 3 heteroatoms. The second-order valence-electron chi connectivity index (χ2n) is 3.35. The minimum Gasteiger partial charge on any atom is -0.412 e. The van der Waals surface area contributed by atoms with Gasteiger partial charge in [-0.05, 0) is 37.4 Å². The Hall–Kier alpha value is -0.643. The number of benzene rings is 1. The van der Waals surface area contributed by atoms with Crippen molar-refractivity contribution in [3.8, 4) is 0 Å². The molecule has 0 bridgehead atoms. The third kappa shape index (κ3) is 2.94. The third-order valence-electron chi connectivity index (χ3n) is 2.32. The standard InChI is InChI=1S/C11H16NOSi/c1-9(13-14)11-7-3-2-5-10(11)6-4-8-12/h2-3,5,7,9H,4,6,8,12H2,1H3. The molecule has 0 saturated carbocycles. The summed E-state index contributed by atoms with van der Waals surface area (Å²) in [6, 6.07) is 8.31. The summed E-state index contributed by atoms with van der Waals surface area (Å²) < 4.78 is 5.13.